The number of nitrogens with one attached hydrogen (secondary N) is 1. The number of imide groups is 1. The predicted octanol–water partition coefficient (Wildman–Crippen LogP) is 2.03. The van der Waals surface area contributed by atoms with Gasteiger partial charge in [0, 0.05) is 25.6 Å². The molecule has 2 aliphatic heterocycles. The number of nitrogens with two attached hydrogens (primary N) is 1. The van der Waals surface area contributed by atoms with Crippen LogP contribution in [-0.2, 0) is 20.9 Å². The SMILES string of the molecule is N[C@H](C(=O)N1CCC(F)(F)C1)N(C(=O)C1CNC(=O)N1C(=O)OCc1ccccc1)C1CCCCC1. The third-order valence-corrected chi connectivity index (χ3v) is 6.92. The molecule has 4 rings (SSSR count). The average Bonchev–Trinajstić information content (AvgIpc) is 3.45. The molecule has 1 aromatic rings. The van der Waals surface area contributed by atoms with E-state index in [2.05, 4.69) is 5.32 Å². The van der Waals surface area contributed by atoms with Gasteiger partial charge in [-0.3, -0.25) is 9.59 Å². The summed E-state index contributed by atoms with van der Waals surface area (Å²) in [6.45, 7) is -1.19. The fraction of sp³-hybridized carbons (Fsp3) is 0.583. The van der Waals surface area contributed by atoms with E-state index in [4.69, 9.17) is 10.5 Å². The van der Waals surface area contributed by atoms with Crippen LogP contribution in [0.25, 0.3) is 0 Å². The molecule has 2 heterocycles. The van der Waals surface area contributed by atoms with E-state index >= 15 is 0 Å². The summed E-state index contributed by atoms with van der Waals surface area (Å²) in [6.07, 6.45) is 0.753. The normalized spacial score (nSPS) is 22.8. The lowest BCUT2D eigenvalue weighted by Crippen LogP contribution is -2.63. The molecule has 0 aromatic heterocycles. The van der Waals surface area contributed by atoms with Gasteiger partial charge in [-0.1, -0.05) is 49.6 Å². The number of halogens is 2. The summed E-state index contributed by atoms with van der Waals surface area (Å²) in [4.78, 5) is 55.0. The summed E-state index contributed by atoms with van der Waals surface area (Å²) in [7, 11) is 0. The van der Waals surface area contributed by atoms with Gasteiger partial charge in [0.1, 0.15) is 12.6 Å². The first kappa shape index (κ1) is 25.8. The summed E-state index contributed by atoms with van der Waals surface area (Å²) >= 11 is 0. The highest BCUT2D eigenvalue weighted by Gasteiger charge is 2.48. The monoisotopic (exact) mass is 507 g/mol. The Balaban J connectivity index is 1.52. The second-order valence-corrected chi connectivity index (χ2v) is 9.46. The second kappa shape index (κ2) is 10.8. The summed E-state index contributed by atoms with van der Waals surface area (Å²) in [6, 6.07) is 6.36. The van der Waals surface area contributed by atoms with Crippen LogP contribution in [0.5, 0.6) is 0 Å². The van der Waals surface area contributed by atoms with Gasteiger partial charge in [-0.05, 0) is 18.4 Å². The van der Waals surface area contributed by atoms with Crippen molar-refractivity contribution in [1.29, 1.82) is 0 Å². The number of nitrogens with zero attached hydrogens (tertiary/aromatic N) is 3. The zero-order valence-corrected chi connectivity index (χ0v) is 19.9. The number of likely N-dealkylation sites (tertiary alicyclic amines) is 1. The highest BCUT2D eigenvalue weighted by Crippen LogP contribution is 2.29. The van der Waals surface area contributed by atoms with Gasteiger partial charge in [0.15, 0.2) is 6.17 Å². The average molecular weight is 508 g/mol. The molecule has 196 valence electrons. The molecule has 10 nitrogen and oxygen atoms in total. The first-order chi connectivity index (χ1) is 17.2. The molecule has 0 radical (unpaired) electrons. The van der Waals surface area contributed by atoms with E-state index in [0.29, 0.717) is 23.3 Å². The van der Waals surface area contributed by atoms with Crippen molar-refractivity contribution in [3.05, 3.63) is 35.9 Å². The Kier molecular flexibility index (Phi) is 7.72. The second-order valence-electron chi connectivity index (χ2n) is 9.46. The molecule has 12 heteroatoms. The summed E-state index contributed by atoms with van der Waals surface area (Å²) in [5.74, 6) is -4.47. The smallest absolute Gasteiger partial charge is 0.419 e. The van der Waals surface area contributed by atoms with Crippen molar-refractivity contribution >= 4 is 23.9 Å². The van der Waals surface area contributed by atoms with E-state index in [-0.39, 0.29) is 19.7 Å². The molecule has 1 aromatic carbocycles. The standard InChI is InChI=1S/C24H31F2N5O5/c25-24(26)11-12-29(15-24)21(33)19(27)30(17-9-5-2-6-10-17)20(32)18-13-28-22(34)31(18)23(35)36-14-16-7-3-1-4-8-16/h1,3-4,7-8,17-19H,2,5-6,9-15,27H2,(H,28,34)/t18?,19-/m0/s1. The third kappa shape index (κ3) is 5.58. The molecule has 0 spiro atoms. The van der Waals surface area contributed by atoms with Crippen molar-refractivity contribution in [1.82, 2.24) is 20.0 Å². The Labute approximate surface area is 207 Å². The van der Waals surface area contributed by atoms with Gasteiger partial charge in [0.2, 0.25) is 5.91 Å². The number of hydrogen-bond donors (Lipinski definition) is 2. The highest BCUT2D eigenvalue weighted by atomic mass is 19.3. The van der Waals surface area contributed by atoms with Crippen LogP contribution in [0.15, 0.2) is 30.3 Å². The molecule has 3 N–H and O–H groups in total. The van der Waals surface area contributed by atoms with Crippen LogP contribution in [0, 0.1) is 0 Å². The lowest BCUT2D eigenvalue weighted by molar-refractivity contribution is -0.151. The minimum atomic E-state index is -3.00. The minimum absolute atomic E-state index is 0.0993. The number of rotatable bonds is 6. The van der Waals surface area contributed by atoms with E-state index in [1.807, 2.05) is 6.07 Å². The summed E-state index contributed by atoms with van der Waals surface area (Å²) in [5, 5.41) is 2.47. The molecule has 5 amide bonds. The number of ether oxygens (including phenoxy) is 1. The number of amides is 5. The molecule has 3 fully saturated rings. The lowest BCUT2D eigenvalue weighted by atomic mass is 9.93. The molecule has 2 atom stereocenters. The highest BCUT2D eigenvalue weighted by molar-refractivity contribution is 6.01. The van der Waals surface area contributed by atoms with Crippen LogP contribution in [-0.4, -0.2) is 82.4 Å². The fourth-order valence-corrected chi connectivity index (χ4v) is 5.00. The van der Waals surface area contributed by atoms with Gasteiger partial charge in [-0.2, -0.15) is 0 Å². The van der Waals surface area contributed by atoms with E-state index in [1.54, 1.807) is 24.3 Å². The summed E-state index contributed by atoms with van der Waals surface area (Å²) < 4.78 is 32.7. The molecular formula is C24H31F2N5O5. The molecule has 1 aliphatic carbocycles. The molecule has 3 aliphatic rings. The van der Waals surface area contributed by atoms with Crippen LogP contribution in [0.4, 0.5) is 18.4 Å². The Morgan fingerprint density at radius 3 is 2.50 bits per heavy atom. The van der Waals surface area contributed by atoms with Crippen molar-refractivity contribution in [2.45, 2.75) is 69.3 Å². The van der Waals surface area contributed by atoms with Crippen molar-refractivity contribution in [3.8, 4) is 0 Å². The lowest BCUT2D eigenvalue weighted by Gasteiger charge is -2.40. The first-order valence-electron chi connectivity index (χ1n) is 12.2. The van der Waals surface area contributed by atoms with Gasteiger partial charge in [-0.15, -0.1) is 0 Å². The number of hydrogen-bond acceptors (Lipinski definition) is 6. The number of alkyl halides is 2. The van der Waals surface area contributed by atoms with Gasteiger partial charge >= 0.3 is 12.1 Å². The number of carbonyl (C=O) groups excluding carboxylic acids is 4. The van der Waals surface area contributed by atoms with Gasteiger partial charge < -0.3 is 25.6 Å². The number of urea groups is 1. The summed E-state index contributed by atoms with van der Waals surface area (Å²) in [5.41, 5.74) is 6.95. The van der Waals surface area contributed by atoms with Crippen LogP contribution in [0.1, 0.15) is 44.1 Å². The fourth-order valence-electron chi connectivity index (χ4n) is 5.00. The van der Waals surface area contributed by atoms with Crippen LogP contribution in [0.3, 0.4) is 0 Å². The predicted molar refractivity (Wildman–Crippen MR) is 123 cm³/mol. The van der Waals surface area contributed by atoms with Crippen LogP contribution in [0.2, 0.25) is 0 Å². The maximum Gasteiger partial charge on any atom is 0.419 e. The van der Waals surface area contributed by atoms with E-state index < -0.39 is 61.1 Å². The molecule has 36 heavy (non-hydrogen) atoms. The van der Waals surface area contributed by atoms with Crippen molar-refractivity contribution in [2.24, 2.45) is 5.73 Å². The van der Waals surface area contributed by atoms with Crippen LogP contribution >= 0.6 is 0 Å². The Bertz CT molecular complexity index is 988. The van der Waals surface area contributed by atoms with E-state index in [1.165, 1.54) is 4.90 Å². The maximum absolute atomic E-state index is 13.8. The Morgan fingerprint density at radius 2 is 1.86 bits per heavy atom. The third-order valence-electron chi connectivity index (χ3n) is 6.92. The topological polar surface area (TPSA) is 125 Å². The Hall–Kier alpha value is -3.28. The largest absolute Gasteiger partial charge is 0.444 e. The molecule has 1 saturated carbocycles. The van der Waals surface area contributed by atoms with E-state index in [9.17, 15) is 28.0 Å². The zero-order chi connectivity index (χ0) is 25.9. The Morgan fingerprint density at radius 1 is 1.17 bits per heavy atom. The van der Waals surface area contributed by atoms with Gasteiger partial charge in [-0.25, -0.2) is 23.3 Å². The first-order valence-corrected chi connectivity index (χ1v) is 12.2. The van der Waals surface area contributed by atoms with E-state index in [0.717, 1.165) is 24.2 Å². The zero-order valence-electron chi connectivity index (χ0n) is 19.9. The molecule has 0 bridgehead atoms. The van der Waals surface area contributed by atoms with Crippen molar-refractivity contribution in [2.75, 3.05) is 19.6 Å². The van der Waals surface area contributed by atoms with Gasteiger partial charge in [0.05, 0.1) is 6.54 Å². The quantitative estimate of drug-likeness (QED) is 0.568. The van der Waals surface area contributed by atoms with Gasteiger partial charge in [0.25, 0.3) is 11.8 Å². The maximum atomic E-state index is 13.8. The molecule has 1 unspecified atom stereocenters. The van der Waals surface area contributed by atoms with Crippen LogP contribution < -0.4 is 11.1 Å². The number of benzene rings is 1. The molecule has 2 saturated heterocycles. The number of carbonyl (C=O) groups is 4. The van der Waals surface area contributed by atoms with Crippen molar-refractivity contribution in [3.63, 3.8) is 0 Å². The minimum Gasteiger partial charge on any atom is -0.444 e. The molecular weight excluding hydrogens is 476 g/mol. The van der Waals surface area contributed by atoms with Crippen molar-refractivity contribution < 1.29 is 32.7 Å².